The van der Waals surface area contributed by atoms with Crippen LogP contribution in [0.3, 0.4) is 0 Å². The van der Waals surface area contributed by atoms with Crippen molar-refractivity contribution in [1.82, 2.24) is 0 Å². The van der Waals surface area contributed by atoms with E-state index in [1.165, 1.54) is 42.5 Å². The molecule has 0 atom stereocenters. The summed E-state index contributed by atoms with van der Waals surface area (Å²) in [7, 11) is 0. The summed E-state index contributed by atoms with van der Waals surface area (Å²) < 4.78 is 13.1. The van der Waals surface area contributed by atoms with E-state index in [0.29, 0.717) is 11.3 Å². The highest BCUT2D eigenvalue weighted by atomic mass is 19.1. The molecular weight excluding hydrogens is 287 g/mol. The van der Waals surface area contributed by atoms with Gasteiger partial charge in [-0.25, -0.2) is 4.39 Å². The summed E-state index contributed by atoms with van der Waals surface area (Å²) >= 11 is 0. The van der Waals surface area contributed by atoms with Crippen LogP contribution in [-0.2, 0) is 4.79 Å². The summed E-state index contributed by atoms with van der Waals surface area (Å²) in [6.07, 6.45) is 2.69. The molecule has 0 aliphatic carbocycles. The number of aryl methyl sites for hydroxylation is 1. The average Bonchev–Trinajstić information content (AvgIpc) is 2.49. The Morgan fingerprint density at radius 3 is 2.77 bits per heavy atom. The van der Waals surface area contributed by atoms with Gasteiger partial charge in [-0.1, -0.05) is 18.2 Å². The van der Waals surface area contributed by atoms with Gasteiger partial charge >= 0.3 is 0 Å². The predicted molar refractivity (Wildman–Crippen MR) is 81.9 cm³/mol. The Balaban J connectivity index is 2.10. The molecule has 5 nitrogen and oxygen atoms in total. The molecule has 112 valence electrons. The van der Waals surface area contributed by atoms with Gasteiger partial charge in [-0.05, 0) is 36.3 Å². The molecule has 0 bridgehead atoms. The third-order valence-electron chi connectivity index (χ3n) is 2.97. The SMILES string of the molecule is Cc1ccc(F)cc1NC(=O)C=Cc1cccc([N+](=O)[O-])c1. The summed E-state index contributed by atoms with van der Waals surface area (Å²) in [5.41, 5.74) is 1.59. The van der Waals surface area contributed by atoms with Crippen LogP contribution in [-0.4, -0.2) is 10.8 Å². The van der Waals surface area contributed by atoms with Crippen LogP contribution in [0.4, 0.5) is 15.8 Å². The molecule has 2 aromatic rings. The number of hydrogen-bond acceptors (Lipinski definition) is 3. The number of carbonyl (C=O) groups excluding carboxylic acids is 1. The number of rotatable bonds is 4. The average molecular weight is 300 g/mol. The van der Waals surface area contributed by atoms with Gasteiger partial charge in [0.05, 0.1) is 4.92 Å². The fraction of sp³-hybridized carbons (Fsp3) is 0.0625. The van der Waals surface area contributed by atoms with Gasteiger partial charge in [-0.15, -0.1) is 0 Å². The van der Waals surface area contributed by atoms with Crippen molar-refractivity contribution in [3.8, 4) is 0 Å². The molecule has 0 fully saturated rings. The Kier molecular flexibility index (Phi) is 4.63. The Labute approximate surface area is 126 Å². The predicted octanol–water partition coefficient (Wildman–Crippen LogP) is 3.69. The van der Waals surface area contributed by atoms with Crippen molar-refractivity contribution < 1.29 is 14.1 Å². The highest BCUT2D eigenvalue weighted by Gasteiger charge is 2.05. The highest BCUT2D eigenvalue weighted by molar-refractivity contribution is 6.02. The first-order valence-corrected chi connectivity index (χ1v) is 6.45. The Morgan fingerprint density at radius 2 is 2.05 bits per heavy atom. The van der Waals surface area contributed by atoms with E-state index >= 15 is 0 Å². The number of non-ortho nitro benzene ring substituents is 1. The summed E-state index contributed by atoms with van der Waals surface area (Å²) in [4.78, 5) is 22.0. The van der Waals surface area contributed by atoms with E-state index in [4.69, 9.17) is 0 Å². The first-order valence-electron chi connectivity index (χ1n) is 6.45. The van der Waals surface area contributed by atoms with Crippen LogP contribution in [0.2, 0.25) is 0 Å². The number of halogens is 1. The lowest BCUT2D eigenvalue weighted by atomic mass is 10.2. The van der Waals surface area contributed by atoms with Crippen LogP contribution in [0.1, 0.15) is 11.1 Å². The Morgan fingerprint density at radius 1 is 1.27 bits per heavy atom. The van der Waals surface area contributed by atoms with Crippen molar-refractivity contribution in [3.05, 3.63) is 75.6 Å². The maximum atomic E-state index is 13.1. The third kappa shape index (κ3) is 3.99. The van der Waals surface area contributed by atoms with Gasteiger partial charge < -0.3 is 5.32 Å². The molecule has 0 saturated carbocycles. The number of anilines is 1. The van der Waals surface area contributed by atoms with Crippen molar-refractivity contribution in [3.63, 3.8) is 0 Å². The highest BCUT2D eigenvalue weighted by Crippen LogP contribution is 2.17. The number of amides is 1. The van der Waals surface area contributed by atoms with Crippen molar-refractivity contribution in [2.45, 2.75) is 6.92 Å². The minimum Gasteiger partial charge on any atom is -0.322 e. The lowest BCUT2D eigenvalue weighted by Crippen LogP contribution is -2.09. The number of hydrogen-bond donors (Lipinski definition) is 1. The molecule has 1 amide bonds. The zero-order valence-electron chi connectivity index (χ0n) is 11.7. The second-order valence-electron chi connectivity index (χ2n) is 4.63. The van der Waals surface area contributed by atoms with Gasteiger partial charge in [0.25, 0.3) is 5.69 Å². The first kappa shape index (κ1) is 15.4. The van der Waals surface area contributed by atoms with Gasteiger partial charge in [0.15, 0.2) is 0 Å². The monoisotopic (exact) mass is 300 g/mol. The molecule has 0 aliphatic heterocycles. The molecule has 0 aromatic heterocycles. The summed E-state index contributed by atoms with van der Waals surface area (Å²) in [5.74, 6) is -0.885. The molecular formula is C16H13FN2O3. The summed E-state index contributed by atoms with van der Waals surface area (Å²) in [5, 5.41) is 13.2. The summed E-state index contributed by atoms with van der Waals surface area (Å²) in [6.45, 7) is 1.75. The standard InChI is InChI=1S/C16H13FN2O3/c1-11-5-7-13(17)10-15(11)18-16(20)8-6-12-3-2-4-14(9-12)19(21)22/h2-10H,1H3,(H,18,20). The van der Waals surface area contributed by atoms with Crippen LogP contribution in [0, 0.1) is 22.9 Å². The maximum absolute atomic E-state index is 13.1. The Bertz CT molecular complexity index is 757. The molecule has 0 heterocycles. The number of nitrogens with zero attached hydrogens (tertiary/aromatic N) is 1. The lowest BCUT2D eigenvalue weighted by Gasteiger charge is -2.06. The number of carbonyl (C=O) groups is 1. The molecule has 22 heavy (non-hydrogen) atoms. The first-order chi connectivity index (χ1) is 10.5. The number of nitro benzene ring substituents is 1. The quantitative estimate of drug-likeness (QED) is 0.531. The molecule has 2 aromatic carbocycles. The second-order valence-corrected chi connectivity index (χ2v) is 4.63. The van der Waals surface area contributed by atoms with Gasteiger partial charge in [-0.3, -0.25) is 14.9 Å². The number of nitro groups is 1. The van der Waals surface area contributed by atoms with E-state index in [-0.39, 0.29) is 5.69 Å². The maximum Gasteiger partial charge on any atom is 0.270 e. The van der Waals surface area contributed by atoms with Gasteiger partial charge in [-0.2, -0.15) is 0 Å². The van der Waals surface area contributed by atoms with Crippen molar-refractivity contribution in [2.75, 3.05) is 5.32 Å². The van der Waals surface area contributed by atoms with Crippen molar-refractivity contribution in [2.24, 2.45) is 0 Å². The van der Waals surface area contributed by atoms with Gasteiger partial charge in [0.2, 0.25) is 5.91 Å². The normalized spacial score (nSPS) is 10.6. The lowest BCUT2D eigenvalue weighted by molar-refractivity contribution is -0.384. The van der Waals surface area contributed by atoms with Crippen LogP contribution in [0.5, 0.6) is 0 Å². The zero-order chi connectivity index (χ0) is 16.1. The van der Waals surface area contributed by atoms with E-state index in [1.807, 2.05) is 0 Å². The molecule has 1 N–H and O–H groups in total. The largest absolute Gasteiger partial charge is 0.322 e. The number of nitrogens with one attached hydrogen (secondary N) is 1. The fourth-order valence-corrected chi connectivity index (χ4v) is 1.82. The van der Waals surface area contributed by atoms with Crippen LogP contribution in [0.25, 0.3) is 6.08 Å². The molecule has 0 radical (unpaired) electrons. The molecule has 0 unspecified atom stereocenters. The van der Waals surface area contributed by atoms with Gasteiger partial charge in [0, 0.05) is 23.9 Å². The van der Waals surface area contributed by atoms with Crippen molar-refractivity contribution in [1.29, 1.82) is 0 Å². The minimum atomic E-state index is -0.506. The second kappa shape index (κ2) is 6.62. The fourth-order valence-electron chi connectivity index (χ4n) is 1.82. The molecule has 0 spiro atoms. The third-order valence-corrected chi connectivity index (χ3v) is 2.97. The molecule has 6 heteroatoms. The smallest absolute Gasteiger partial charge is 0.270 e. The van der Waals surface area contributed by atoms with E-state index < -0.39 is 16.6 Å². The van der Waals surface area contributed by atoms with Crippen molar-refractivity contribution >= 4 is 23.4 Å². The van der Waals surface area contributed by atoms with Crippen LogP contribution < -0.4 is 5.32 Å². The topological polar surface area (TPSA) is 72.2 Å². The van der Waals surface area contributed by atoms with Crippen LogP contribution in [0.15, 0.2) is 48.5 Å². The van der Waals surface area contributed by atoms with E-state index in [9.17, 15) is 19.3 Å². The van der Waals surface area contributed by atoms with E-state index in [2.05, 4.69) is 5.32 Å². The number of benzene rings is 2. The van der Waals surface area contributed by atoms with Gasteiger partial charge in [0.1, 0.15) is 5.82 Å². The molecule has 2 rings (SSSR count). The molecule has 0 aliphatic rings. The summed E-state index contributed by atoms with van der Waals surface area (Å²) in [6, 6.07) is 10.0. The van der Waals surface area contributed by atoms with E-state index in [1.54, 1.807) is 19.1 Å². The zero-order valence-corrected chi connectivity index (χ0v) is 11.7. The van der Waals surface area contributed by atoms with Crippen LogP contribution >= 0.6 is 0 Å². The minimum absolute atomic E-state index is 0.0523. The molecule has 0 saturated heterocycles. The van der Waals surface area contributed by atoms with E-state index in [0.717, 1.165) is 5.56 Å². The Hall–Kier alpha value is -3.02.